The molecule has 0 bridgehead atoms. The summed E-state index contributed by atoms with van der Waals surface area (Å²) >= 11 is 5.89. The number of halogens is 2. The third-order valence-electron chi connectivity index (χ3n) is 4.02. The molecule has 0 aromatic heterocycles. The molecule has 1 unspecified atom stereocenters. The quantitative estimate of drug-likeness (QED) is 0.424. The van der Waals surface area contributed by atoms with Gasteiger partial charge in [-0.3, -0.25) is 4.99 Å². The van der Waals surface area contributed by atoms with E-state index in [-0.39, 0.29) is 24.0 Å². The van der Waals surface area contributed by atoms with E-state index in [1.165, 1.54) is 24.9 Å². The van der Waals surface area contributed by atoms with Gasteiger partial charge in [0.25, 0.3) is 0 Å². The van der Waals surface area contributed by atoms with E-state index in [2.05, 4.69) is 39.7 Å². The van der Waals surface area contributed by atoms with Crippen LogP contribution in [0.5, 0.6) is 0 Å². The average molecular weight is 437 g/mol. The van der Waals surface area contributed by atoms with Gasteiger partial charge in [-0.05, 0) is 50.6 Å². The Kier molecular flexibility index (Phi) is 9.12. The van der Waals surface area contributed by atoms with Gasteiger partial charge in [-0.1, -0.05) is 23.7 Å². The second-order valence-corrected chi connectivity index (χ2v) is 5.97. The molecule has 1 fully saturated rings. The van der Waals surface area contributed by atoms with Gasteiger partial charge in [0.2, 0.25) is 0 Å². The van der Waals surface area contributed by atoms with E-state index in [1.807, 2.05) is 19.2 Å². The minimum Gasteiger partial charge on any atom is -0.356 e. The molecule has 1 aromatic carbocycles. The van der Waals surface area contributed by atoms with E-state index in [0.29, 0.717) is 6.04 Å². The number of aliphatic imine (C=N–C) groups is 1. The normalized spacial score (nSPS) is 18.9. The fourth-order valence-electron chi connectivity index (χ4n) is 2.65. The first-order chi connectivity index (χ1) is 10.2. The number of guanidine groups is 1. The fraction of sp³-hybridized carbons (Fsp3) is 0.562. The Balaban J connectivity index is 0.00000242. The smallest absolute Gasteiger partial charge is 0.191 e. The molecule has 124 valence electrons. The van der Waals surface area contributed by atoms with Crippen LogP contribution in [0.25, 0.3) is 0 Å². The maximum Gasteiger partial charge on any atom is 0.191 e. The summed E-state index contributed by atoms with van der Waals surface area (Å²) in [4.78, 5) is 6.68. The molecule has 1 aromatic rings. The third kappa shape index (κ3) is 6.30. The Bertz CT molecular complexity index is 464. The zero-order valence-corrected chi connectivity index (χ0v) is 16.4. The second kappa shape index (κ2) is 10.3. The summed E-state index contributed by atoms with van der Waals surface area (Å²) in [6, 6.07) is 8.61. The largest absolute Gasteiger partial charge is 0.356 e. The van der Waals surface area contributed by atoms with Gasteiger partial charge in [-0.2, -0.15) is 0 Å². The van der Waals surface area contributed by atoms with Crippen molar-refractivity contribution in [2.75, 3.05) is 33.7 Å². The van der Waals surface area contributed by atoms with Crippen molar-refractivity contribution in [1.82, 2.24) is 15.5 Å². The molecule has 0 saturated carbocycles. The number of likely N-dealkylation sites (N-methyl/N-ethyl adjacent to an activating group) is 1. The number of likely N-dealkylation sites (tertiary alicyclic amines) is 1. The van der Waals surface area contributed by atoms with Crippen molar-refractivity contribution in [3.05, 3.63) is 34.9 Å². The highest BCUT2D eigenvalue weighted by Crippen LogP contribution is 2.13. The van der Waals surface area contributed by atoms with Crippen molar-refractivity contribution in [3.63, 3.8) is 0 Å². The number of hydrogen-bond acceptors (Lipinski definition) is 2. The molecular formula is C16H26ClIN4. The van der Waals surface area contributed by atoms with Crippen LogP contribution < -0.4 is 10.6 Å². The Morgan fingerprint density at radius 1 is 1.32 bits per heavy atom. The van der Waals surface area contributed by atoms with E-state index in [9.17, 15) is 0 Å². The maximum atomic E-state index is 5.89. The fourth-order valence-corrected chi connectivity index (χ4v) is 2.77. The maximum absolute atomic E-state index is 5.89. The summed E-state index contributed by atoms with van der Waals surface area (Å²) in [5.74, 6) is 0.879. The minimum absolute atomic E-state index is 0. The van der Waals surface area contributed by atoms with Crippen molar-refractivity contribution in [1.29, 1.82) is 0 Å². The Morgan fingerprint density at radius 2 is 2.05 bits per heavy atom. The van der Waals surface area contributed by atoms with Crippen LogP contribution in [0.1, 0.15) is 18.4 Å². The highest BCUT2D eigenvalue weighted by atomic mass is 127. The topological polar surface area (TPSA) is 39.7 Å². The van der Waals surface area contributed by atoms with E-state index >= 15 is 0 Å². The summed E-state index contributed by atoms with van der Waals surface area (Å²) < 4.78 is 0. The van der Waals surface area contributed by atoms with E-state index in [4.69, 9.17) is 11.6 Å². The van der Waals surface area contributed by atoms with E-state index < -0.39 is 0 Å². The highest BCUT2D eigenvalue weighted by molar-refractivity contribution is 14.0. The monoisotopic (exact) mass is 436 g/mol. The molecule has 6 heteroatoms. The minimum atomic E-state index is 0. The summed E-state index contributed by atoms with van der Waals surface area (Å²) in [6.07, 6.45) is 3.53. The summed E-state index contributed by atoms with van der Waals surface area (Å²) in [7, 11) is 4.01. The Labute approximate surface area is 155 Å². The lowest BCUT2D eigenvalue weighted by Crippen LogP contribution is -2.44. The van der Waals surface area contributed by atoms with Crippen LogP contribution in [0.4, 0.5) is 0 Å². The van der Waals surface area contributed by atoms with Crippen LogP contribution in [0, 0.1) is 0 Å². The SMILES string of the molecule is CN=C(NCCc1ccc(Cl)cc1)NCC1CCCN1C.I. The molecule has 0 amide bonds. The van der Waals surface area contributed by atoms with Crippen LogP contribution in [0.3, 0.4) is 0 Å². The third-order valence-corrected chi connectivity index (χ3v) is 4.27. The molecule has 4 nitrogen and oxygen atoms in total. The van der Waals surface area contributed by atoms with Crippen LogP contribution in [0.2, 0.25) is 5.02 Å². The molecule has 1 atom stereocenters. The predicted octanol–water partition coefficient (Wildman–Crippen LogP) is 2.76. The molecule has 0 aliphatic carbocycles. The lowest BCUT2D eigenvalue weighted by molar-refractivity contribution is 0.309. The van der Waals surface area contributed by atoms with Gasteiger partial charge in [-0.25, -0.2) is 0 Å². The number of nitrogens with zero attached hydrogens (tertiary/aromatic N) is 2. The van der Waals surface area contributed by atoms with Gasteiger partial charge >= 0.3 is 0 Å². The first-order valence-electron chi connectivity index (χ1n) is 7.58. The van der Waals surface area contributed by atoms with Gasteiger partial charge in [0, 0.05) is 31.2 Å². The number of nitrogens with one attached hydrogen (secondary N) is 2. The van der Waals surface area contributed by atoms with Gasteiger partial charge < -0.3 is 15.5 Å². The number of rotatable bonds is 5. The molecule has 0 spiro atoms. The zero-order valence-electron chi connectivity index (χ0n) is 13.3. The van der Waals surface area contributed by atoms with Gasteiger partial charge in [-0.15, -0.1) is 24.0 Å². The standard InChI is InChI=1S/C16H25ClN4.HI/c1-18-16(20-12-15-4-3-11-21(15)2)19-10-9-13-5-7-14(17)8-6-13;/h5-8,15H,3-4,9-12H2,1-2H3,(H2,18,19,20);1H. The summed E-state index contributed by atoms with van der Waals surface area (Å²) in [5, 5.41) is 7.55. The number of hydrogen-bond donors (Lipinski definition) is 2. The Morgan fingerprint density at radius 3 is 2.64 bits per heavy atom. The van der Waals surface area contributed by atoms with Gasteiger partial charge in [0.1, 0.15) is 0 Å². The molecule has 1 saturated heterocycles. The molecule has 2 rings (SSSR count). The number of benzene rings is 1. The van der Waals surface area contributed by atoms with Crippen LogP contribution in [-0.2, 0) is 6.42 Å². The Hall–Kier alpha value is -0.530. The van der Waals surface area contributed by atoms with Gasteiger partial charge in [0.15, 0.2) is 5.96 Å². The predicted molar refractivity (Wildman–Crippen MR) is 106 cm³/mol. The molecular weight excluding hydrogens is 411 g/mol. The lowest BCUT2D eigenvalue weighted by atomic mass is 10.1. The summed E-state index contributed by atoms with van der Waals surface area (Å²) in [5.41, 5.74) is 1.28. The van der Waals surface area contributed by atoms with Crippen molar-refractivity contribution in [2.45, 2.75) is 25.3 Å². The first kappa shape index (κ1) is 19.5. The first-order valence-corrected chi connectivity index (χ1v) is 7.96. The molecule has 2 N–H and O–H groups in total. The van der Waals surface area contributed by atoms with E-state index in [0.717, 1.165) is 30.5 Å². The van der Waals surface area contributed by atoms with E-state index in [1.54, 1.807) is 0 Å². The summed E-state index contributed by atoms with van der Waals surface area (Å²) in [6.45, 7) is 3.02. The second-order valence-electron chi connectivity index (χ2n) is 5.53. The molecule has 1 aliphatic rings. The van der Waals surface area contributed by atoms with Crippen LogP contribution in [0.15, 0.2) is 29.3 Å². The van der Waals surface area contributed by atoms with Crippen LogP contribution >= 0.6 is 35.6 Å². The average Bonchev–Trinajstić information content (AvgIpc) is 2.90. The molecule has 1 aliphatic heterocycles. The van der Waals surface area contributed by atoms with Gasteiger partial charge in [0.05, 0.1) is 0 Å². The lowest BCUT2D eigenvalue weighted by Gasteiger charge is -2.21. The molecule has 1 heterocycles. The molecule has 0 radical (unpaired) electrons. The van der Waals surface area contributed by atoms with Crippen molar-refractivity contribution >= 4 is 41.5 Å². The van der Waals surface area contributed by atoms with Crippen molar-refractivity contribution < 1.29 is 0 Å². The molecule has 22 heavy (non-hydrogen) atoms. The van der Waals surface area contributed by atoms with Crippen molar-refractivity contribution in [2.24, 2.45) is 4.99 Å². The zero-order chi connectivity index (χ0) is 15.1. The van der Waals surface area contributed by atoms with Crippen LogP contribution in [-0.4, -0.2) is 50.6 Å². The highest BCUT2D eigenvalue weighted by Gasteiger charge is 2.20. The van der Waals surface area contributed by atoms with Crippen molar-refractivity contribution in [3.8, 4) is 0 Å².